The van der Waals surface area contributed by atoms with Crippen LogP contribution in [0.2, 0.25) is 5.02 Å². The first-order chi connectivity index (χ1) is 10.9. The lowest BCUT2D eigenvalue weighted by atomic mass is 10.2. The number of nitrogens with one attached hydrogen (secondary N) is 1. The molecule has 1 fully saturated rings. The van der Waals surface area contributed by atoms with Crippen LogP contribution >= 0.6 is 11.6 Å². The van der Waals surface area contributed by atoms with Crippen molar-refractivity contribution in [2.45, 2.75) is 26.1 Å². The summed E-state index contributed by atoms with van der Waals surface area (Å²) in [5.41, 5.74) is -0.365. The van der Waals surface area contributed by atoms with Crippen LogP contribution < -0.4 is 16.1 Å². The third kappa shape index (κ3) is 3.33. The highest BCUT2D eigenvalue weighted by atomic mass is 35.5. The van der Waals surface area contributed by atoms with Crippen LogP contribution in [0.5, 0.6) is 0 Å². The summed E-state index contributed by atoms with van der Waals surface area (Å²) in [7, 11) is 0. The van der Waals surface area contributed by atoms with Crippen LogP contribution in [0.4, 0.5) is 5.82 Å². The van der Waals surface area contributed by atoms with E-state index in [-0.39, 0.29) is 17.8 Å². The fourth-order valence-electron chi connectivity index (χ4n) is 2.86. The molecule has 7 heteroatoms. The SMILES string of the molecule is C[C@@H]1CN(c2cc(=O)n(-c3ccc(Cl)cc3)c(=O)[nH]2)C[C@H](C)O1. The lowest BCUT2D eigenvalue weighted by Crippen LogP contribution is -2.47. The molecular weight excluding hydrogens is 318 g/mol. The molecule has 0 saturated carbocycles. The molecule has 1 aliphatic heterocycles. The predicted molar refractivity (Wildman–Crippen MR) is 89.9 cm³/mol. The average molecular weight is 336 g/mol. The largest absolute Gasteiger partial charge is 0.372 e. The number of benzene rings is 1. The molecule has 1 N–H and O–H groups in total. The minimum atomic E-state index is -0.471. The second kappa shape index (κ2) is 6.22. The third-order valence-electron chi connectivity index (χ3n) is 3.76. The Hall–Kier alpha value is -2.05. The molecule has 0 spiro atoms. The summed E-state index contributed by atoms with van der Waals surface area (Å²) in [5.74, 6) is 0.521. The molecule has 6 nitrogen and oxygen atoms in total. The van der Waals surface area contributed by atoms with Crippen LogP contribution in [0.3, 0.4) is 0 Å². The first-order valence-electron chi connectivity index (χ1n) is 7.47. The summed E-state index contributed by atoms with van der Waals surface area (Å²) in [6, 6.07) is 8.00. The van der Waals surface area contributed by atoms with Crippen LogP contribution in [-0.4, -0.2) is 34.8 Å². The van der Waals surface area contributed by atoms with E-state index in [1.807, 2.05) is 18.7 Å². The number of halogens is 1. The highest BCUT2D eigenvalue weighted by molar-refractivity contribution is 6.30. The van der Waals surface area contributed by atoms with Gasteiger partial charge in [-0.1, -0.05) is 11.6 Å². The van der Waals surface area contributed by atoms with Gasteiger partial charge in [0.15, 0.2) is 0 Å². The van der Waals surface area contributed by atoms with Crippen molar-refractivity contribution >= 4 is 17.4 Å². The van der Waals surface area contributed by atoms with E-state index in [0.717, 1.165) is 4.57 Å². The summed E-state index contributed by atoms with van der Waals surface area (Å²) in [4.78, 5) is 29.5. The number of ether oxygens (including phenoxy) is 1. The standard InChI is InChI=1S/C16H18ClN3O3/c1-10-8-19(9-11(2)23-10)14-7-15(21)20(16(22)18-14)13-5-3-12(17)4-6-13/h3-7,10-11H,8-9H2,1-2H3,(H,18,22)/t10-,11+. The van der Waals surface area contributed by atoms with Crippen molar-refractivity contribution in [1.82, 2.24) is 9.55 Å². The molecule has 1 aliphatic rings. The van der Waals surface area contributed by atoms with Crippen LogP contribution in [0.25, 0.3) is 5.69 Å². The number of H-pyrrole nitrogens is 1. The third-order valence-corrected chi connectivity index (χ3v) is 4.02. The van der Waals surface area contributed by atoms with Gasteiger partial charge in [0.1, 0.15) is 5.82 Å². The number of morpholine rings is 1. The number of aromatic nitrogens is 2. The first-order valence-corrected chi connectivity index (χ1v) is 7.84. The fourth-order valence-corrected chi connectivity index (χ4v) is 2.99. The van der Waals surface area contributed by atoms with Crippen molar-refractivity contribution in [2.24, 2.45) is 0 Å². The molecule has 0 unspecified atom stereocenters. The lowest BCUT2D eigenvalue weighted by molar-refractivity contribution is -0.00549. The van der Waals surface area contributed by atoms with Crippen LogP contribution in [0.15, 0.2) is 39.9 Å². The van der Waals surface area contributed by atoms with Crippen molar-refractivity contribution < 1.29 is 4.74 Å². The molecule has 0 bridgehead atoms. The van der Waals surface area contributed by atoms with Crippen molar-refractivity contribution in [3.8, 4) is 5.69 Å². The molecule has 2 heterocycles. The maximum Gasteiger partial charge on any atom is 0.334 e. The topological polar surface area (TPSA) is 67.3 Å². The van der Waals surface area contributed by atoms with Gasteiger partial charge in [-0.15, -0.1) is 0 Å². The van der Waals surface area contributed by atoms with Gasteiger partial charge in [-0.2, -0.15) is 0 Å². The number of hydrogen-bond acceptors (Lipinski definition) is 4. The fraction of sp³-hybridized carbons (Fsp3) is 0.375. The normalized spacial score (nSPS) is 21.4. The zero-order chi connectivity index (χ0) is 16.6. The highest BCUT2D eigenvalue weighted by Crippen LogP contribution is 2.16. The predicted octanol–water partition coefficient (Wildman–Crippen LogP) is 1.79. The molecular formula is C16H18ClN3O3. The van der Waals surface area contributed by atoms with Crippen molar-refractivity contribution in [2.75, 3.05) is 18.0 Å². The van der Waals surface area contributed by atoms with E-state index in [0.29, 0.717) is 29.6 Å². The van der Waals surface area contributed by atoms with Crippen LogP contribution in [0.1, 0.15) is 13.8 Å². The highest BCUT2D eigenvalue weighted by Gasteiger charge is 2.23. The average Bonchev–Trinajstić information content (AvgIpc) is 2.47. The van der Waals surface area contributed by atoms with Gasteiger partial charge in [0.25, 0.3) is 5.56 Å². The number of nitrogens with zero attached hydrogens (tertiary/aromatic N) is 2. The number of rotatable bonds is 2. The van der Waals surface area contributed by atoms with E-state index in [9.17, 15) is 9.59 Å². The molecule has 23 heavy (non-hydrogen) atoms. The van der Waals surface area contributed by atoms with E-state index in [1.54, 1.807) is 24.3 Å². The smallest absolute Gasteiger partial charge is 0.334 e. The van der Waals surface area contributed by atoms with Gasteiger partial charge in [0.05, 0.1) is 17.9 Å². The molecule has 3 rings (SSSR count). The van der Waals surface area contributed by atoms with E-state index < -0.39 is 5.69 Å². The van der Waals surface area contributed by atoms with Gasteiger partial charge < -0.3 is 9.64 Å². The van der Waals surface area contributed by atoms with E-state index >= 15 is 0 Å². The summed E-state index contributed by atoms with van der Waals surface area (Å²) in [6.45, 7) is 5.20. The summed E-state index contributed by atoms with van der Waals surface area (Å²) < 4.78 is 6.76. The molecule has 1 saturated heterocycles. The summed E-state index contributed by atoms with van der Waals surface area (Å²) >= 11 is 5.84. The van der Waals surface area contributed by atoms with Gasteiger partial charge >= 0.3 is 5.69 Å². The number of anilines is 1. The van der Waals surface area contributed by atoms with Crippen LogP contribution in [0, 0.1) is 0 Å². The Balaban J connectivity index is 1.99. The van der Waals surface area contributed by atoms with E-state index in [4.69, 9.17) is 16.3 Å². The van der Waals surface area contributed by atoms with Crippen LogP contribution in [-0.2, 0) is 4.74 Å². The Labute approximate surface area is 138 Å². The Morgan fingerprint density at radius 3 is 2.30 bits per heavy atom. The molecule has 1 aromatic heterocycles. The molecule has 122 valence electrons. The monoisotopic (exact) mass is 335 g/mol. The van der Waals surface area contributed by atoms with Gasteiger partial charge in [0.2, 0.25) is 0 Å². The maximum atomic E-state index is 12.4. The Kier molecular flexibility index (Phi) is 4.28. The van der Waals surface area contributed by atoms with Gasteiger partial charge in [-0.05, 0) is 38.1 Å². The lowest BCUT2D eigenvalue weighted by Gasteiger charge is -2.36. The Morgan fingerprint density at radius 2 is 1.74 bits per heavy atom. The summed E-state index contributed by atoms with van der Waals surface area (Å²) in [6.07, 6.45) is 0.0851. The van der Waals surface area contributed by atoms with E-state index in [1.165, 1.54) is 6.07 Å². The Morgan fingerprint density at radius 1 is 1.13 bits per heavy atom. The van der Waals surface area contributed by atoms with Crippen molar-refractivity contribution in [1.29, 1.82) is 0 Å². The first kappa shape index (κ1) is 15.8. The second-order valence-corrected chi connectivity index (χ2v) is 6.21. The molecule has 2 aromatic rings. The zero-order valence-electron chi connectivity index (χ0n) is 13.0. The van der Waals surface area contributed by atoms with E-state index in [2.05, 4.69) is 4.98 Å². The Bertz CT molecular complexity index is 771. The molecule has 0 radical (unpaired) electrons. The minimum absolute atomic E-state index is 0.0425. The number of hydrogen-bond donors (Lipinski definition) is 1. The van der Waals surface area contributed by atoms with Gasteiger partial charge in [-0.25, -0.2) is 9.36 Å². The summed E-state index contributed by atoms with van der Waals surface area (Å²) in [5, 5.41) is 0.547. The molecule has 2 atom stereocenters. The minimum Gasteiger partial charge on any atom is -0.372 e. The molecule has 0 amide bonds. The quantitative estimate of drug-likeness (QED) is 0.908. The maximum absolute atomic E-state index is 12.4. The zero-order valence-corrected chi connectivity index (χ0v) is 13.7. The number of aromatic amines is 1. The van der Waals surface area contributed by atoms with Crippen molar-refractivity contribution in [3.05, 3.63) is 56.2 Å². The van der Waals surface area contributed by atoms with Gasteiger partial charge in [0, 0.05) is 24.2 Å². The molecule has 1 aromatic carbocycles. The molecule has 0 aliphatic carbocycles. The van der Waals surface area contributed by atoms with Crippen molar-refractivity contribution in [3.63, 3.8) is 0 Å². The second-order valence-electron chi connectivity index (χ2n) is 5.77. The van der Waals surface area contributed by atoms with Gasteiger partial charge in [-0.3, -0.25) is 9.78 Å².